The van der Waals surface area contributed by atoms with Crippen LogP contribution in [0.4, 0.5) is 0 Å². The standard InChI is InChI=1S/C18H25NO/c1-19-10-9-18-8-4-3-5-15(18)17(19)11-13-6-7-14(20-2)12-16(13)18/h6-7,12,15,17H,3-5,8-11H2,1-2H3/t15-,17+,18+/m1/s1/i3D2,4D2,5D2,6D,7D,8D2,11D2,12D,15D,17D. The minimum Gasteiger partial charge on any atom is -0.497 e. The number of likely N-dealkylation sites (N-methyl/N-ethyl adjacent to an activating group) is 1. The quantitative estimate of drug-likeness (QED) is 0.785. The number of hydrogen-bond donors (Lipinski definition) is 0. The molecule has 1 aromatic rings. The molecule has 108 valence electrons. The van der Waals surface area contributed by atoms with E-state index >= 15 is 0 Å². The Balaban J connectivity index is 2.42. The van der Waals surface area contributed by atoms with Crippen molar-refractivity contribution >= 4 is 0 Å². The minimum absolute atomic E-state index is 0.310. The summed E-state index contributed by atoms with van der Waals surface area (Å²) in [6, 6.07) is -5.48. The van der Waals surface area contributed by atoms with Crippen molar-refractivity contribution in [3.05, 3.63) is 29.3 Å². The van der Waals surface area contributed by atoms with Crippen LogP contribution in [0.5, 0.6) is 5.75 Å². The predicted molar refractivity (Wildman–Crippen MR) is 81.4 cm³/mol. The maximum atomic E-state index is 9.51. The van der Waals surface area contributed by atoms with Crippen molar-refractivity contribution in [2.24, 2.45) is 5.89 Å². The zero-order chi connectivity index (χ0) is 27.2. The molecule has 0 N–H and O–H groups in total. The predicted octanol–water partition coefficient (Wildman–Crippen LogP) is 3.38. The van der Waals surface area contributed by atoms with Gasteiger partial charge in [-0.05, 0) is 68.2 Å². The summed E-state index contributed by atoms with van der Waals surface area (Å²) in [5.41, 5.74) is -4.31. The van der Waals surface area contributed by atoms with Crippen LogP contribution in [0.3, 0.4) is 0 Å². The van der Waals surface area contributed by atoms with Crippen LogP contribution in [0.25, 0.3) is 0 Å². The smallest absolute Gasteiger partial charge is 0.119 e. The molecule has 20 heavy (non-hydrogen) atoms. The average Bonchev–Trinajstić information content (AvgIpc) is 2.73. The number of hydrogen-bond acceptors (Lipinski definition) is 2. The number of rotatable bonds is 1. The first-order valence-corrected chi connectivity index (χ1v) is 6.45. The third-order valence-electron chi connectivity index (χ3n) is 4.06. The third-order valence-corrected chi connectivity index (χ3v) is 4.06. The summed E-state index contributed by atoms with van der Waals surface area (Å²) in [6.45, 7) is -0.310. The molecule has 4 rings (SSSR count). The molecule has 0 amide bonds. The molecule has 0 spiro atoms. The Hall–Kier alpha value is -1.02. The van der Waals surface area contributed by atoms with Gasteiger partial charge in [0.15, 0.2) is 0 Å². The highest BCUT2D eigenvalue weighted by molar-refractivity contribution is 5.45. The molecule has 0 aromatic heterocycles. The summed E-state index contributed by atoms with van der Waals surface area (Å²) in [7, 11) is 2.27. The molecule has 1 saturated heterocycles. The maximum Gasteiger partial charge on any atom is 0.119 e. The number of benzene rings is 1. The van der Waals surface area contributed by atoms with E-state index in [-0.39, 0.29) is 6.54 Å². The van der Waals surface area contributed by atoms with Crippen LogP contribution in [0.15, 0.2) is 18.1 Å². The fraction of sp³-hybridized carbons (Fsp3) is 0.667. The molecule has 1 aromatic carbocycles. The fourth-order valence-electron chi connectivity index (χ4n) is 2.98. The van der Waals surface area contributed by atoms with Crippen molar-refractivity contribution in [2.75, 3.05) is 20.7 Å². The lowest BCUT2D eigenvalue weighted by molar-refractivity contribution is 0.00274. The number of piperidine rings is 1. The molecule has 3 atom stereocenters. The monoisotopic (exact) mass is 286 g/mol. The zero-order valence-corrected chi connectivity index (χ0v) is 11.3. The molecule has 2 aliphatic carbocycles. The van der Waals surface area contributed by atoms with Gasteiger partial charge in [0.1, 0.15) is 5.75 Å². The minimum atomic E-state index is -3.71. The molecule has 2 heteroatoms. The zero-order valence-electron chi connectivity index (χ0n) is 26.3. The normalized spacial score (nSPS) is 67.0. The van der Waals surface area contributed by atoms with Crippen molar-refractivity contribution in [1.29, 1.82) is 0 Å². The first-order chi connectivity index (χ1) is 15.6. The summed E-state index contributed by atoms with van der Waals surface area (Å²) in [6.07, 6.45) is -18.2. The molecule has 1 heterocycles. The van der Waals surface area contributed by atoms with Crippen LogP contribution in [-0.4, -0.2) is 31.6 Å². The van der Waals surface area contributed by atoms with E-state index < -0.39 is 90.6 Å². The number of likely N-dealkylation sites (tertiary alicyclic amines) is 1. The summed E-state index contributed by atoms with van der Waals surface area (Å²) >= 11 is 0. The highest BCUT2D eigenvalue weighted by atomic mass is 16.5. The van der Waals surface area contributed by atoms with Crippen LogP contribution in [0, 0.1) is 5.89 Å². The lowest BCUT2D eigenvalue weighted by Gasteiger charge is -2.58. The Kier molecular flexibility index (Phi) is 1.01. The van der Waals surface area contributed by atoms with Crippen LogP contribution >= 0.6 is 0 Å². The van der Waals surface area contributed by atoms with Gasteiger partial charge in [0.05, 0.1) is 11.2 Å². The number of fused-ring (bicyclic) bond motifs is 1. The van der Waals surface area contributed by atoms with Crippen LogP contribution < -0.4 is 4.74 Å². The van der Waals surface area contributed by atoms with Gasteiger partial charge in [-0.25, -0.2) is 0 Å². The molecule has 0 radical (unpaired) electrons. The number of ether oxygens (including phenoxy) is 1. The molecular formula is C18H25NO. The summed E-state index contributed by atoms with van der Waals surface area (Å²) in [5, 5.41) is 0. The van der Waals surface area contributed by atoms with Crippen molar-refractivity contribution in [3.63, 3.8) is 0 Å². The second-order valence-corrected chi connectivity index (χ2v) is 5.08. The molecule has 2 nitrogen and oxygen atoms in total. The molecule has 2 bridgehead atoms. The van der Waals surface area contributed by atoms with Crippen LogP contribution in [0.1, 0.15) is 63.6 Å². The Morgan fingerprint density at radius 2 is 2.40 bits per heavy atom. The van der Waals surface area contributed by atoms with Crippen LogP contribution in [0.2, 0.25) is 0 Å². The van der Waals surface area contributed by atoms with E-state index in [0.29, 0.717) is 0 Å². The van der Waals surface area contributed by atoms with Gasteiger partial charge in [-0.2, -0.15) is 0 Å². The van der Waals surface area contributed by atoms with E-state index in [4.69, 9.17) is 22.6 Å². The van der Waals surface area contributed by atoms with Gasteiger partial charge in [0.25, 0.3) is 0 Å². The van der Waals surface area contributed by atoms with E-state index in [2.05, 4.69) is 0 Å². The molecule has 1 saturated carbocycles. The van der Waals surface area contributed by atoms with Gasteiger partial charge in [-0.3, -0.25) is 0 Å². The second kappa shape index (κ2) is 4.49. The lowest BCUT2D eigenvalue weighted by atomic mass is 9.52. The number of nitrogens with zero attached hydrogens (tertiary/aromatic N) is 1. The van der Waals surface area contributed by atoms with Gasteiger partial charge < -0.3 is 9.64 Å². The Bertz CT molecular complexity index is 1140. The first kappa shape index (κ1) is 4.49. The third kappa shape index (κ3) is 1.60. The van der Waals surface area contributed by atoms with Gasteiger partial charge in [-0.15, -0.1) is 0 Å². The van der Waals surface area contributed by atoms with Crippen molar-refractivity contribution in [2.45, 2.75) is 49.7 Å². The molecule has 1 aliphatic heterocycles. The summed E-state index contributed by atoms with van der Waals surface area (Å²) in [5.74, 6) is -3.94. The summed E-state index contributed by atoms with van der Waals surface area (Å²) in [4.78, 5) is 0.961. The molecular weight excluding hydrogens is 246 g/mol. The van der Waals surface area contributed by atoms with Crippen molar-refractivity contribution in [3.8, 4) is 5.75 Å². The van der Waals surface area contributed by atoms with E-state index in [0.717, 1.165) is 12.0 Å². The summed E-state index contributed by atoms with van der Waals surface area (Å²) < 4.78 is 137. The largest absolute Gasteiger partial charge is 0.497 e. The fourth-order valence-corrected chi connectivity index (χ4v) is 2.98. The van der Waals surface area contributed by atoms with Gasteiger partial charge >= 0.3 is 0 Å². The topological polar surface area (TPSA) is 12.5 Å². The van der Waals surface area contributed by atoms with Crippen molar-refractivity contribution < 1.29 is 25.3 Å². The van der Waals surface area contributed by atoms with Crippen LogP contribution in [-0.2, 0) is 11.8 Å². The van der Waals surface area contributed by atoms with Gasteiger partial charge in [0.2, 0.25) is 0 Å². The van der Waals surface area contributed by atoms with E-state index in [1.165, 1.54) is 7.05 Å². The van der Waals surface area contributed by atoms with Gasteiger partial charge in [-0.1, -0.05) is 18.8 Å². The highest BCUT2D eigenvalue weighted by Gasteiger charge is 2.53. The maximum absolute atomic E-state index is 9.51. The Morgan fingerprint density at radius 3 is 3.25 bits per heavy atom. The lowest BCUT2D eigenvalue weighted by Crippen LogP contribution is -2.59. The highest BCUT2D eigenvalue weighted by Crippen LogP contribution is 2.55. The molecule has 0 unspecified atom stereocenters. The SMILES string of the molecule is [2H]c1c([2H])c2c(c([2H])c1OC)[C@@]13CCN(C)[C@@]([2H])(C2([2H])[2H])[C@@]1([2H])C([2H])([2H])C([2H])([2H])C([2H])([2H])C3([2H])[2H]. The Labute approximate surface area is 143 Å². The first-order valence-electron chi connectivity index (χ1n) is 14.0. The molecule has 2 fully saturated rings. The van der Waals surface area contributed by atoms with E-state index in [1.807, 2.05) is 0 Å². The average molecular weight is 286 g/mol. The van der Waals surface area contributed by atoms with Crippen molar-refractivity contribution in [1.82, 2.24) is 4.90 Å². The van der Waals surface area contributed by atoms with Gasteiger partial charge in [0, 0.05) is 27.9 Å². The second-order valence-electron chi connectivity index (χ2n) is 5.08. The molecule has 3 aliphatic rings. The van der Waals surface area contributed by atoms with E-state index in [9.17, 15) is 2.74 Å². The Morgan fingerprint density at radius 1 is 1.50 bits per heavy atom. The number of methoxy groups -OCH3 is 1. The van der Waals surface area contributed by atoms with E-state index in [1.54, 1.807) is 0 Å².